The molecule has 2 N–H and O–H groups in total. The van der Waals surface area contributed by atoms with Gasteiger partial charge in [-0.25, -0.2) is 0 Å². The van der Waals surface area contributed by atoms with Gasteiger partial charge in [-0.15, -0.1) is 0 Å². The molecule has 0 heterocycles. The van der Waals surface area contributed by atoms with E-state index >= 15 is 0 Å². The molecule has 0 spiro atoms. The summed E-state index contributed by atoms with van der Waals surface area (Å²) in [5.74, 6) is -0.847. The van der Waals surface area contributed by atoms with E-state index in [2.05, 4.69) is 5.32 Å². The Morgan fingerprint density at radius 1 is 1.15 bits per heavy atom. The maximum absolute atomic E-state index is 11.8. The van der Waals surface area contributed by atoms with Crippen molar-refractivity contribution in [2.24, 2.45) is 5.41 Å². The zero-order chi connectivity index (χ0) is 14.4. The predicted octanol–water partition coefficient (Wildman–Crippen LogP) is 2.38. The Kier molecular flexibility index (Phi) is 4.77. The molecule has 2 rings (SSSR count). The lowest BCUT2D eigenvalue weighted by atomic mass is 9.86. The van der Waals surface area contributed by atoms with E-state index in [9.17, 15) is 14.7 Å². The van der Waals surface area contributed by atoms with Crippen LogP contribution in [0, 0.1) is 5.41 Å². The molecule has 4 nitrogen and oxygen atoms in total. The van der Waals surface area contributed by atoms with E-state index in [0.29, 0.717) is 25.7 Å². The molecule has 0 aromatic heterocycles. The van der Waals surface area contributed by atoms with Crippen LogP contribution in [0.25, 0.3) is 0 Å². The molecule has 0 unspecified atom stereocenters. The van der Waals surface area contributed by atoms with E-state index in [1.807, 2.05) is 30.3 Å². The van der Waals surface area contributed by atoms with Crippen LogP contribution < -0.4 is 5.32 Å². The van der Waals surface area contributed by atoms with Gasteiger partial charge in [-0.1, -0.05) is 43.2 Å². The minimum atomic E-state index is -0.779. The lowest BCUT2D eigenvalue weighted by Crippen LogP contribution is -2.41. The van der Waals surface area contributed by atoms with E-state index in [1.165, 1.54) is 0 Å². The summed E-state index contributed by atoms with van der Waals surface area (Å²) >= 11 is 0. The number of amides is 1. The van der Waals surface area contributed by atoms with Crippen LogP contribution in [0.3, 0.4) is 0 Å². The first kappa shape index (κ1) is 14.6. The molecule has 1 amide bonds. The van der Waals surface area contributed by atoms with Crippen molar-refractivity contribution < 1.29 is 14.7 Å². The molecule has 1 aromatic carbocycles. The number of aliphatic carboxylic acids is 1. The summed E-state index contributed by atoms with van der Waals surface area (Å²) in [7, 11) is 0. The van der Waals surface area contributed by atoms with Crippen LogP contribution in [0.15, 0.2) is 30.3 Å². The minimum absolute atomic E-state index is 0.0682. The largest absolute Gasteiger partial charge is 0.481 e. The van der Waals surface area contributed by atoms with Crippen LogP contribution in [0.2, 0.25) is 0 Å². The van der Waals surface area contributed by atoms with E-state index in [1.54, 1.807) is 0 Å². The van der Waals surface area contributed by atoms with E-state index in [0.717, 1.165) is 18.4 Å². The highest BCUT2D eigenvalue weighted by molar-refractivity contribution is 5.79. The maximum Gasteiger partial charge on any atom is 0.311 e. The van der Waals surface area contributed by atoms with Crippen LogP contribution in [-0.2, 0) is 16.0 Å². The van der Waals surface area contributed by atoms with Crippen LogP contribution >= 0.6 is 0 Å². The standard InChI is InChI=1S/C16H21NO3/c18-14(9-8-13-6-2-1-3-7-13)17-12-16(15(19)20)10-4-5-11-16/h1-3,6-7H,4-5,8-12H2,(H,17,18)(H,19,20). The quantitative estimate of drug-likeness (QED) is 0.837. The number of carboxylic acid groups (broad SMARTS) is 1. The third-order valence-corrected chi connectivity index (χ3v) is 4.12. The Hall–Kier alpha value is -1.84. The number of aryl methyl sites for hydroxylation is 1. The van der Waals surface area contributed by atoms with Gasteiger partial charge in [0.2, 0.25) is 5.91 Å². The zero-order valence-electron chi connectivity index (χ0n) is 11.6. The monoisotopic (exact) mass is 275 g/mol. The molecule has 108 valence electrons. The Labute approximate surface area is 119 Å². The van der Waals surface area contributed by atoms with Gasteiger partial charge in [-0.2, -0.15) is 0 Å². The van der Waals surface area contributed by atoms with Gasteiger partial charge in [0.1, 0.15) is 0 Å². The van der Waals surface area contributed by atoms with Gasteiger partial charge < -0.3 is 10.4 Å². The number of nitrogens with one attached hydrogen (secondary N) is 1. The van der Waals surface area contributed by atoms with Crippen LogP contribution in [-0.4, -0.2) is 23.5 Å². The van der Waals surface area contributed by atoms with Crippen molar-refractivity contribution in [3.05, 3.63) is 35.9 Å². The number of hydrogen-bond acceptors (Lipinski definition) is 2. The summed E-state index contributed by atoms with van der Waals surface area (Å²) in [6.07, 6.45) is 4.30. The number of carbonyl (C=O) groups is 2. The fourth-order valence-electron chi connectivity index (χ4n) is 2.78. The Balaban J connectivity index is 1.78. The average molecular weight is 275 g/mol. The summed E-state index contributed by atoms with van der Waals surface area (Å²) in [4.78, 5) is 23.2. The number of rotatable bonds is 6. The molecule has 1 aliphatic rings. The number of carboxylic acids is 1. The second kappa shape index (κ2) is 6.55. The first-order valence-corrected chi connectivity index (χ1v) is 7.16. The first-order valence-electron chi connectivity index (χ1n) is 7.16. The fraction of sp³-hybridized carbons (Fsp3) is 0.500. The van der Waals surface area contributed by atoms with Crippen LogP contribution in [0.5, 0.6) is 0 Å². The molecule has 1 fully saturated rings. The summed E-state index contributed by atoms with van der Waals surface area (Å²) in [5, 5.41) is 12.1. The molecule has 4 heteroatoms. The van der Waals surface area contributed by atoms with Crippen LogP contribution in [0.4, 0.5) is 0 Å². The molecular formula is C16H21NO3. The lowest BCUT2D eigenvalue weighted by Gasteiger charge is -2.23. The fourth-order valence-corrected chi connectivity index (χ4v) is 2.78. The van der Waals surface area contributed by atoms with Crippen molar-refractivity contribution in [1.29, 1.82) is 0 Å². The molecule has 1 aliphatic carbocycles. The average Bonchev–Trinajstić information content (AvgIpc) is 2.94. The topological polar surface area (TPSA) is 66.4 Å². The van der Waals surface area contributed by atoms with Crippen molar-refractivity contribution in [2.75, 3.05) is 6.54 Å². The molecule has 0 atom stereocenters. The molecule has 0 aliphatic heterocycles. The number of benzene rings is 1. The van der Waals surface area contributed by atoms with Crippen molar-refractivity contribution in [3.8, 4) is 0 Å². The second-order valence-electron chi connectivity index (χ2n) is 5.55. The van der Waals surface area contributed by atoms with Crippen LogP contribution in [0.1, 0.15) is 37.7 Å². The van der Waals surface area contributed by atoms with Gasteiger partial charge in [-0.05, 0) is 24.8 Å². The van der Waals surface area contributed by atoms with Crippen molar-refractivity contribution >= 4 is 11.9 Å². The highest BCUT2D eigenvalue weighted by Crippen LogP contribution is 2.37. The number of hydrogen-bond donors (Lipinski definition) is 2. The maximum atomic E-state index is 11.8. The predicted molar refractivity (Wildman–Crippen MR) is 76.3 cm³/mol. The molecular weight excluding hydrogens is 254 g/mol. The van der Waals surface area contributed by atoms with Gasteiger partial charge >= 0.3 is 5.97 Å². The Morgan fingerprint density at radius 3 is 2.40 bits per heavy atom. The second-order valence-corrected chi connectivity index (χ2v) is 5.55. The zero-order valence-corrected chi connectivity index (χ0v) is 11.6. The SMILES string of the molecule is O=C(CCc1ccccc1)NCC1(C(=O)O)CCCC1. The highest BCUT2D eigenvalue weighted by atomic mass is 16.4. The molecule has 1 aromatic rings. The van der Waals surface area contributed by atoms with Gasteiger partial charge in [0, 0.05) is 13.0 Å². The van der Waals surface area contributed by atoms with Crippen molar-refractivity contribution in [3.63, 3.8) is 0 Å². The molecule has 20 heavy (non-hydrogen) atoms. The third kappa shape index (κ3) is 3.59. The normalized spacial score (nSPS) is 16.8. The van der Waals surface area contributed by atoms with Gasteiger partial charge in [-0.3, -0.25) is 9.59 Å². The first-order chi connectivity index (χ1) is 9.62. The third-order valence-electron chi connectivity index (χ3n) is 4.12. The van der Waals surface area contributed by atoms with Gasteiger partial charge in [0.15, 0.2) is 0 Å². The molecule has 0 saturated heterocycles. The smallest absolute Gasteiger partial charge is 0.311 e. The molecule has 1 saturated carbocycles. The Morgan fingerprint density at radius 2 is 1.80 bits per heavy atom. The lowest BCUT2D eigenvalue weighted by molar-refractivity contribution is -0.148. The van der Waals surface area contributed by atoms with E-state index in [-0.39, 0.29) is 12.5 Å². The summed E-state index contributed by atoms with van der Waals surface area (Å²) in [5.41, 5.74) is 0.388. The van der Waals surface area contributed by atoms with Crippen molar-refractivity contribution in [2.45, 2.75) is 38.5 Å². The molecule has 0 radical (unpaired) electrons. The summed E-state index contributed by atoms with van der Waals surface area (Å²) in [6.45, 7) is 0.260. The summed E-state index contributed by atoms with van der Waals surface area (Å²) < 4.78 is 0. The van der Waals surface area contributed by atoms with E-state index in [4.69, 9.17) is 0 Å². The molecule has 0 bridgehead atoms. The highest BCUT2D eigenvalue weighted by Gasteiger charge is 2.41. The van der Waals surface area contributed by atoms with E-state index < -0.39 is 11.4 Å². The minimum Gasteiger partial charge on any atom is -0.481 e. The van der Waals surface area contributed by atoms with Gasteiger partial charge in [0.05, 0.1) is 5.41 Å². The number of carbonyl (C=O) groups excluding carboxylic acids is 1. The van der Waals surface area contributed by atoms with Crippen molar-refractivity contribution in [1.82, 2.24) is 5.32 Å². The Bertz CT molecular complexity index is 464. The van der Waals surface area contributed by atoms with Gasteiger partial charge in [0.25, 0.3) is 0 Å². The summed E-state index contributed by atoms with van der Waals surface area (Å²) in [6, 6.07) is 9.82.